The van der Waals surface area contributed by atoms with Gasteiger partial charge in [-0.15, -0.1) is 0 Å². The summed E-state index contributed by atoms with van der Waals surface area (Å²) in [4.78, 5) is 36.9. The molecule has 1 aromatic heterocycles. The second kappa shape index (κ2) is 8.88. The van der Waals surface area contributed by atoms with Crippen molar-refractivity contribution in [2.24, 2.45) is 7.05 Å². The first-order chi connectivity index (χ1) is 16.9. The third-order valence-electron chi connectivity index (χ3n) is 6.47. The van der Waals surface area contributed by atoms with E-state index in [-0.39, 0.29) is 43.7 Å². The molecule has 1 atom stereocenters. The highest BCUT2D eigenvalue weighted by molar-refractivity contribution is 5.98. The monoisotopic (exact) mass is 476 g/mol. The largest absolute Gasteiger partial charge is 0.479 e. The number of carbonyl (C=O) groups is 3. The number of hydrogen-bond donors (Lipinski definition) is 3. The summed E-state index contributed by atoms with van der Waals surface area (Å²) >= 11 is 0. The van der Waals surface area contributed by atoms with E-state index in [1.54, 1.807) is 7.05 Å². The number of carboxylic acids is 1. The minimum Gasteiger partial charge on any atom is -0.479 e. The summed E-state index contributed by atoms with van der Waals surface area (Å²) in [6.07, 6.45) is -0.529. The van der Waals surface area contributed by atoms with E-state index in [1.165, 1.54) is 10.7 Å². The summed E-state index contributed by atoms with van der Waals surface area (Å²) in [5.41, 5.74) is 2.94. The zero-order chi connectivity index (χ0) is 24.6. The van der Waals surface area contributed by atoms with Crippen LogP contribution in [0.5, 0.6) is 0 Å². The van der Waals surface area contributed by atoms with E-state index >= 15 is 0 Å². The molecule has 0 bridgehead atoms. The molecular formula is C25H24N4O6. The summed E-state index contributed by atoms with van der Waals surface area (Å²) in [6, 6.07) is 17.4. The van der Waals surface area contributed by atoms with E-state index in [0.717, 1.165) is 22.3 Å². The van der Waals surface area contributed by atoms with Crippen molar-refractivity contribution in [1.29, 1.82) is 0 Å². The topological polar surface area (TPSA) is 132 Å². The number of nitrogens with zero attached hydrogens (tertiary/aromatic N) is 2. The number of aryl methyl sites for hydroxylation is 1. The maximum absolute atomic E-state index is 12.6. The lowest BCUT2D eigenvalue weighted by molar-refractivity contribution is -0.144. The predicted octanol–water partition coefficient (Wildman–Crippen LogP) is 2.75. The molecule has 0 radical (unpaired) electrons. The Bertz CT molecular complexity index is 1270. The zero-order valence-corrected chi connectivity index (χ0v) is 19.0. The van der Waals surface area contributed by atoms with Crippen molar-refractivity contribution < 1.29 is 29.0 Å². The average molecular weight is 476 g/mol. The molecule has 1 fully saturated rings. The number of amides is 2. The Kier molecular flexibility index (Phi) is 5.73. The number of carbonyl (C=O) groups excluding carboxylic acids is 2. The summed E-state index contributed by atoms with van der Waals surface area (Å²) in [5, 5.41) is 18.7. The molecule has 0 saturated carbocycles. The predicted molar refractivity (Wildman–Crippen MR) is 125 cm³/mol. The number of fused-ring (bicyclic) bond motifs is 3. The minimum atomic E-state index is -1.49. The van der Waals surface area contributed by atoms with Gasteiger partial charge in [0.25, 0.3) is 5.91 Å². The maximum Gasteiger partial charge on any atom is 0.412 e. The molecule has 2 aromatic carbocycles. The smallest absolute Gasteiger partial charge is 0.412 e. The van der Waals surface area contributed by atoms with Crippen LogP contribution in [-0.2, 0) is 21.3 Å². The van der Waals surface area contributed by atoms with E-state index in [9.17, 15) is 19.5 Å². The number of hydrogen-bond acceptors (Lipinski definition) is 6. The standard InChI is InChI=1S/C25H24N4O6/c1-29-21(12-20(28-29)22(30)27-25(23(31)32)10-11-34-14-25)26-24(33)35-13-19-17-8-4-2-6-15(17)16-7-3-5-9-18(16)19/h2-9,12,19H,10-11,13-14H2,1H3,(H,26,33)(H,27,30)(H,31,32). The van der Waals surface area contributed by atoms with Crippen LogP contribution in [0.2, 0.25) is 0 Å². The fourth-order valence-corrected chi connectivity index (χ4v) is 4.60. The summed E-state index contributed by atoms with van der Waals surface area (Å²) < 4.78 is 12.0. The van der Waals surface area contributed by atoms with Gasteiger partial charge in [-0.1, -0.05) is 48.5 Å². The van der Waals surface area contributed by atoms with E-state index in [2.05, 4.69) is 27.9 Å². The van der Waals surface area contributed by atoms with Gasteiger partial charge < -0.3 is 19.9 Å². The third kappa shape index (κ3) is 4.12. The van der Waals surface area contributed by atoms with Crippen LogP contribution in [0.25, 0.3) is 11.1 Å². The molecule has 1 aliphatic carbocycles. The Labute approximate surface area is 200 Å². The molecular weight excluding hydrogens is 452 g/mol. The van der Waals surface area contributed by atoms with Gasteiger partial charge >= 0.3 is 12.1 Å². The van der Waals surface area contributed by atoms with Crippen LogP contribution in [0.1, 0.15) is 34.0 Å². The van der Waals surface area contributed by atoms with Gasteiger partial charge in [0, 0.05) is 32.1 Å². The van der Waals surface area contributed by atoms with Gasteiger partial charge in [0.05, 0.1) is 6.61 Å². The molecule has 35 heavy (non-hydrogen) atoms. The Morgan fingerprint density at radius 2 is 1.80 bits per heavy atom. The molecule has 1 unspecified atom stereocenters. The minimum absolute atomic E-state index is 0.0334. The second-order valence-electron chi connectivity index (χ2n) is 8.63. The lowest BCUT2D eigenvalue weighted by Gasteiger charge is -2.22. The van der Waals surface area contributed by atoms with Crippen molar-refractivity contribution >= 4 is 23.8 Å². The Morgan fingerprint density at radius 1 is 1.14 bits per heavy atom. The normalized spacial score (nSPS) is 18.5. The van der Waals surface area contributed by atoms with Crippen LogP contribution in [0, 0.1) is 0 Å². The Balaban J connectivity index is 1.24. The number of anilines is 1. The van der Waals surface area contributed by atoms with Gasteiger partial charge in [-0.3, -0.25) is 14.8 Å². The summed E-state index contributed by atoms with van der Waals surface area (Å²) in [6.45, 7) is 0.265. The van der Waals surface area contributed by atoms with Crippen molar-refractivity contribution in [3.05, 3.63) is 71.4 Å². The molecule has 2 aliphatic rings. The molecule has 1 saturated heterocycles. The van der Waals surface area contributed by atoms with Gasteiger partial charge in [0.15, 0.2) is 11.2 Å². The highest BCUT2D eigenvalue weighted by Gasteiger charge is 2.44. The van der Waals surface area contributed by atoms with Crippen molar-refractivity contribution in [3.8, 4) is 11.1 Å². The SMILES string of the molecule is Cn1nc(C(=O)NC2(C(=O)O)CCOC2)cc1NC(=O)OCC1c2ccccc2-c2ccccc21. The third-order valence-corrected chi connectivity index (χ3v) is 6.47. The molecule has 10 nitrogen and oxygen atoms in total. The lowest BCUT2D eigenvalue weighted by atomic mass is 9.98. The fourth-order valence-electron chi connectivity index (χ4n) is 4.60. The van der Waals surface area contributed by atoms with Crippen molar-refractivity contribution in [2.75, 3.05) is 25.1 Å². The van der Waals surface area contributed by atoms with Gasteiger partial charge in [0.1, 0.15) is 12.4 Å². The molecule has 180 valence electrons. The maximum atomic E-state index is 12.6. The van der Waals surface area contributed by atoms with Gasteiger partial charge in [-0.25, -0.2) is 9.59 Å². The van der Waals surface area contributed by atoms with Crippen LogP contribution in [0.15, 0.2) is 54.6 Å². The molecule has 3 aromatic rings. The molecule has 10 heteroatoms. The van der Waals surface area contributed by atoms with Crippen LogP contribution >= 0.6 is 0 Å². The second-order valence-corrected chi connectivity index (χ2v) is 8.63. The van der Waals surface area contributed by atoms with Crippen LogP contribution in [0.4, 0.5) is 10.6 Å². The molecule has 3 N–H and O–H groups in total. The molecule has 2 amide bonds. The van der Waals surface area contributed by atoms with Crippen molar-refractivity contribution in [2.45, 2.75) is 17.9 Å². The molecule has 0 spiro atoms. The van der Waals surface area contributed by atoms with E-state index in [1.807, 2.05) is 36.4 Å². The highest BCUT2D eigenvalue weighted by Crippen LogP contribution is 2.44. The molecule has 5 rings (SSSR count). The number of rotatable bonds is 6. The van der Waals surface area contributed by atoms with E-state index in [0.29, 0.717) is 0 Å². The summed E-state index contributed by atoms with van der Waals surface area (Å²) in [7, 11) is 1.56. The Hall–Kier alpha value is -4.18. The Morgan fingerprint density at radius 3 is 2.40 bits per heavy atom. The number of ether oxygens (including phenoxy) is 2. The number of aromatic nitrogens is 2. The first-order valence-corrected chi connectivity index (χ1v) is 11.2. The fraction of sp³-hybridized carbons (Fsp3) is 0.280. The van der Waals surface area contributed by atoms with Crippen molar-refractivity contribution in [1.82, 2.24) is 15.1 Å². The summed E-state index contributed by atoms with van der Waals surface area (Å²) in [5.74, 6) is -1.69. The molecule has 2 heterocycles. The number of carboxylic acid groups (broad SMARTS) is 1. The van der Waals surface area contributed by atoms with Crippen molar-refractivity contribution in [3.63, 3.8) is 0 Å². The number of benzene rings is 2. The number of aliphatic carboxylic acids is 1. The number of nitrogens with one attached hydrogen (secondary N) is 2. The van der Waals surface area contributed by atoms with Crippen LogP contribution < -0.4 is 10.6 Å². The lowest BCUT2D eigenvalue weighted by Crippen LogP contribution is -2.55. The van der Waals surface area contributed by atoms with E-state index < -0.39 is 23.5 Å². The van der Waals surface area contributed by atoms with E-state index in [4.69, 9.17) is 9.47 Å². The van der Waals surface area contributed by atoms with Gasteiger partial charge in [-0.2, -0.15) is 5.10 Å². The van der Waals surface area contributed by atoms with Gasteiger partial charge in [0.2, 0.25) is 0 Å². The zero-order valence-electron chi connectivity index (χ0n) is 19.0. The highest BCUT2D eigenvalue weighted by atomic mass is 16.5. The first kappa shape index (κ1) is 22.6. The average Bonchev–Trinajstić information content (AvgIpc) is 3.55. The van der Waals surface area contributed by atoms with Gasteiger partial charge in [-0.05, 0) is 22.3 Å². The molecule has 1 aliphatic heterocycles. The quantitative estimate of drug-likeness (QED) is 0.498. The first-order valence-electron chi connectivity index (χ1n) is 11.2. The van der Waals surface area contributed by atoms with Crippen LogP contribution in [-0.4, -0.2) is 58.2 Å². The van der Waals surface area contributed by atoms with Crippen LogP contribution in [0.3, 0.4) is 0 Å².